The van der Waals surface area contributed by atoms with Gasteiger partial charge in [0.05, 0.1) is 12.6 Å². The molecule has 58 valence electrons. The van der Waals surface area contributed by atoms with E-state index in [4.69, 9.17) is 4.74 Å². The molecule has 0 saturated carbocycles. The summed E-state index contributed by atoms with van der Waals surface area (Å²) in [6.07, 6.45) is 3.37. The van der Waals surface area contributed by atoms with Crippen molar-refractivity contribution in [3.05, 3.63) is 11.6 Å². The van der Waals surface area contributed by atoms with Crippen LogP contribution in [0.3, 0.4) is 0 Å². The van der Waals surface area contributed by atoms with Crippen molar-refractivity contribution in [2.75, 3.05) is 11.5 Å². The lowest BCUT2D eigenvalue weighted by Crippen LogP contribution is -2.06. The summed E-state index contributed by atoms with van der Waals surface area (Å²) >= 11 is 1.69. The standard InChI is InChI=1S/C7H8N2OS/c1-3-10-6-5(1)9(6)7-8-2-4-11-7/h2,4-6H,1,3H2/t5-,6+,9?/m0/s1. The molecule has 0 unspecified atom stereocenters. The summed E-state index contributed by atoms with van der Waals surface area (Å²) in [5.74, 6) is 0. The number of ether oxygens (including phenoxy) is 1. The smallest absolute Gasteiger partial charge is 0.187 e. The van der Waals surface area contributed by atoms with Crippen LogP contribution in [0, 0.1) is 0 Å². The third-order valence-corrected chi connectivity index (χ3v) is 3.00. The molecule has 2 atom stereocenters. The highest BCUT2D eigenvalue weighted by Crippen LogP contribution is 2.42. The van der Waals surface area contributed by atoms with Gasteiger partial charge < -0.3 is 9.64 Å². The van der Waals surface area contributed by atoms with Gasteiger partial charge in [0.15, 0.2) is 11.4 Å². The Labute approximate surface area is 68.6 Å². The molecule has 0 radical (unpaired) electrons. The first-order valence-corrected chi connectivity index (χ1v) is 4.64. The molecule has 4 heteroatoms. The normalized spacial score (nSPS) is 34.0. The number of fused-ring (bicyclic) bond motifs is 1. The third kappa shape index (κ3) is 0.736. The molecule has 2 fully saturated rings. The quantitative estimate of drug-likeness (QED) is 0.587. The van der Waals surface area contributed by atoms with Crippen LogP contribution in [0.4, 0.5) is 5.13 Å². The Hall–Kier alpha value is -0.610. The molecule has 2 aliphatic heterocycles. The van der Waals surface area contributed by atoms with Gasteiger partial charge in [-0.1, -0.05) is 0 Å². The van der Waals surface area contributed by atoms with Crippen molar-refractivity contribution < 1.29 is 4.74 Å². The molecule has 0 aromatic carbocycles. The Balaban J connectivity index is 1.85. The van der Waals surface area contributed by atoms with Gasteiger partial charge in [-0.2, -0.15) is 0 Å². The Morgan fingerprint density at radius 3 is 3.36 bits per heavy atom. The zero-order chi connectivity index (χ0) is 7.26. The number of rotatable bonds is 1. The van der Waals surface area contributed by atoms with E-state index in [1.807, 2.05) is 11.6 Å². The second kappa shape index (κ2) is 1.95. The minimum atomic E-state index is 0.362. The number of aromatic nitrogens is 1. The minimum Gasteiger partial charge on any atom is -0.356 e. The summed E-state index contributed by atoms with van der Waals surface area (Å²) in [6.45, 7) is 0.928. The number of nitrogens with zero attached hydrogens (tertiary/aromatic N) is 2. The Morgan fingerprint density at radius 2 is 2.73 bits per heavy atom. The zero-order valence-corrected chi connectivity index (χ0v) is 6.75. The number of anilines is 1. The Morgan fingerprint density at radius 1 is 1.73 bits per heavy atom. The molecule has 0 amide bonds. The van der Waals surface area contributed by atoms with E-state index in [1.54, 1.807) is 11.3 Å². The molecule has 3 rings (SSSR count). The molecule has 11 heavy (non-hydrogen) atoms. The molecule has 2 saturated heterocycles. The van der Waals surface area contributed by atoms with Gasteiger partial charge in [0.2, 0.25) is 0 Å². The summed E-state index contributed by atoms with van der Waals surface area (Å²) in [6, 6.07) is 0.640. The van der Waals surface area contributed by atoms with Gasteiger partial charge in [-0.25, -0.2) is 4.98 Å². The van der Waals surface area contributed by atoms with Crippen LogP contribution in [0.2, 0.25) is 0 Å². The first-order valence-electron chi connectivity index (χ1n) is 3.76. The van der Waals surface area contributed by atoms with Crippen LogP contribution in [-0.4, -0.2) is 23.9 Å². The van der Waals surface area contributed by atoms with Crippen LogP contribution in [0.15, 0.2) is 11.6 Å². The highest BCUT2D eigenvalue weighted by atomic mass is 32.1. The number of hydrogen-bond acceptors (Lipinski definition) is 4. The van der Waals surface area contributed by atoms with Gasteiger partial charge in [0, 0.05) is 11.6 Å². The monoisotopic (exact) mass is 168 g/mol. The molecular weight excluding hydrogens is 160 g/mol. The SMILES string of the molecule is c1csc(N2[C@@H]3OCC[C@@H]32)n1. The third-order valence-electron chi connectivity index (χ3n) is 2.21. The second-order valence-corrected chi connectivity index (χ2v) is 3.71. The maximum absolute atomic E-state index is 5.46. The highest BCUT2D eigenvalue weighted by molar-refractivity contribution is 7.13. The molecule has 0 aliphatic carbocycles. The summed E-state index contributed by atoms with van der Waals surface area (Å²) < 4.78 is 5.46. The van der Waals surface area contributed by atoms with Gasteiger partial charge in [0.1, 0.15) is 0 Å². The van der Waals surface area contributed by atoms with Crippen LogP contribution in [0.25, 0.3) is 0 Å². The largest absolute Gasteiger partial charge is 0.356 e. The highest BCUT2D eigenvalue weighted by Gasteiger charge is 2.53. The molecule has 1 aromatic heterocycles. The fourth-order valence-corrected chi connectivity index (χ4v) is 2.36. The van der Waals surface area contributed by atoms with Crippen LogP contribution >= 0.6 is 11.3 Å². The van der Waals surface area contributed by atoms with E-state index in [0.717, 1.165) is 11.7 Å². The van der Waals surface area contributed by atoms with Crippen LogP contribution in [-0.2, 0) is 4.74 Å². The predicted octanol–water partition coefficient (Wildman–Crippen LogP) is 1.08. The van der Waals surface area contributed by atoms with E-state index in [9.17, 15) is 0 Å². The van der Waals surface area contributed by atoms with Crippen molar-refractivity contribution in [3.63, 3.8) is 0 Å². The van der Waals surface area contributed by atoms with Crippen molar-refractivity contribution in [3.8, 4) is 0 Å². The summed E-state index contributed by atoms with van der Waals surface area (Å²) in [4.78, 5) is 6.47. The van der Waals surface area contributed by atoms with Crippen LogP contribution in [0.5, 0.6) is 0 Å². The predicted molar refractivity (Wildman–Crippen MR) is 42.7 cm³/mol. The fourth-order valence-electron chi connectivity index (χ4n) is 1.63. The van der Waals surface area contributed by atoms with E-state index in [2.05, 4.69) is 9.88 Å². The molecule has 0 N–H and O–H groups in total. The minimum absolute atomic E-state index is 0.362. The first-order chi connectivity index (χ1) is 5.47. The van der Waals surface area contributed by atoms with Crippen molar-refractivity contribution >= 4 is 16.5 Å². The van der Waals surface area contributed by atoms with E-state index in [-0.39, 0.29) is 0 Å². The average Bonchev–Trinajstić information content (AvgIpc) is 2.57. The van der Waals surface area contributed by atoms with Crippen molar-refractivity contribution in [2.24, 2.45) is 0 Å². The first kappa shape index (κ1) is 5.97. The zero-order valence-electron chi connectivity index (χ0n) is 5.93. The van der Waals surface area contributed by atoms with E-state index < -0.39 is 0 Å². The molecule has 0 spiro atoms. The van der Waals surface area contributed by atoms with Crippen LogP contribution in [0.1, 0.15) is 6.42 Å². The molecule has 3 nitrogen and oxygen atoms in total. The maximum atomic E-state index is 5.46. The van der Waals surface area contributed by atoms with Crippen LogP contribution < -0.4 is 4.90 Å². The van der Waals surface area contributed by atoms with E-state index >= 15 is 0 Å². The number of thiazole rings is 1. The maximum Gasteiger partial charge on any atom is 0.187 e. The topological polar surface area (TPSA) is 25.1 Å². The molecular formula is C7H8N2OS. The van der Waals surface area contributed by atoms with Gasteiger partial charge >= 0.3 is 0 Å². The molecule has 0 bridgehead atoms. The fraction of sp³-hybridized carbons (Fsp3) is 0.571. The lowest BCUT2D eigenvalue weighted by atomic mass is 10.4. The molecule has 2 aliphatic rings. The van der Waals surface area contributed by atoms with Gasteiger partial charge in [-0.15, -0.1) is 11.3 Å². The van der Waals surface area contributed by atoms with E-state index in [1.165, 1.54) is 6.42 Å². The van der Waals surface area contributed by atoms with Crippen molar-refractivity contribution in [1.29, 1.82) is 0 Å². The van der Waals surface area contributed by atoms with Crippen molar-refractivity contribution in [2.45, 2.75) is 18.7 Å². The van der Waals surface area contributed by atoms with Gasteiger partial charge in [-0.3, -0.25) is 0 Å². The average molecular weight is 168 g/mol. The number of hydrogen-bond donors (Lipinski definition) is 0. The summed E-state index contributed by atoms with van der Waals surface area (Å²) in [5, 5.41) is 3.11. The van der Waals surface area contributed by atoms with Gasteiger partial charge in [-0.05, 0) is 6.42 Å². The van der Waals surface area contributed by atoms with E-state index in [0.29, 0.717) is 12.3 Å². The Kier molecular flexibility index (Phi) is 1.06. The molecule has 1 aromatic rings. The Bertz CT molecular complexity index is 251. The second-order valence-electron chi connectivity index (χ2n) is 2.84. The summed E-state index contributed by atoms with van der Waals surface area (Å²) in [7, 11) is 0. The lowest BCUT2D eigenvalue weighted by Gasteiger charge is -2.03. The summed E-state index contributed by atoms with van der Waals surface area (Å²) in [5.41, 5.74) is 0. The van der Waals surface area contributed by atoms with Crippen molar-refractivity contribution in [1.82, 2.24) is 4.98 Å². The lowest BCUT2D eigenvalue weighted by molar-refractivity contribution is 0.157. The van der Waals surface area contributed by atoms with Gasteiger partial charge in [0.25, 0.3) is 0 Å². The molecule has 3 heterocycles.